The molecule has 0 bridgehead atoms. The number of nitrogens with zero attached hydrogens (tertiary/aromatic N) is 4. The van der Waals surface area contributed by atoms with Crippen LogP contribution in [0.25, 0.3) is 10.8 Å². The normalized spacial score (nSPS) is 20.3. The van der Waals surface area contributed by atoms with Crippen LogP contribution in [0.5, 0.6) is 0 Å². The second-order valence-corrected chi connectivity index (χ2v) is 9.81. The first-order valence-corrected chi connectivity index (χ1v) is 13.0. The van der Waals surface area contributed by atoms with E-state index in [0.29, 0.717) is 19.5 Å². The van der Waals surface area contributed by atoms with Gasteiger partial charge in [-0.05, 0) is 28.3 Å². The number of amides is 4. The van der Waals surface area contributed by atoms with Crippen molar-refractivity contribution < 1.29 is 14.4 Å². The van der Waals surface area contributed by atoms with Crippen LogP contribution in [0.2, 0.25) is 0 Å². The van der Waals surface area contributed by atoms with E-state index >= 15 is 0 Å². The summed E-state index contributed by atoms with van der Waals surface area (Å²) in [5.74, 6) is -0.106. The molecule has 8 nitrogen and oxygen atoms in total. The standard InChI is InChI=1S/C28H30ClN5O3/c1-31-19-26(35)33-24(14-15-29)27(36)32(17-22-12-7-11-21-10-5-6-13-23(21)22)18-25(33)34(31)28(37)30-16-20-8-3-2-4-9-20/h2-13,24-25H,14-19H2,1H3,(H,30,37)/t24-,25-/m0/s1. The fraction of sp³-hybridized carbons (Fsp3) is 0.321. The highest BCUT2D eigenvalue weighted by atomic mass is 35.5. The number of fused-ring (bicyclic) bond motifs is 2. The van der Waals surface area contributed by atoms with Crippen LogP contribution in [-0.2, 0) is 22.7 Å². The van der Waals surface area contributed by atoms with Crippen LogP contribution in [0.15, 0.2) is 72.8 Å². The van der Waals surface area contributed by atoms with Gasteiger partial charge in [0.15, 0.2) is 0 Å². The average Bonchev–Trinajstić information content (AvgIpc) is 2.90. The van der Waals surface area contributed by atoms with Crippen molar-refractivity contribution in [1.82, 2.24) is 25.1 Å². The van der Waals surface area contributed by atoms with Crippen LogP contribution in [0.1, 0.15) is 17.5 Å². The molecule has 0 saturated carbocycles. The van der Waals surface area contributed by atoms with Crippen LogP contribution in [0.3, 0.4) is 0 Å². The Hall–Kier alpha value is -3.62. The molecule has 0 radical (unpaired) electrons. The molecular weight excluding hydrogens is 490 g/mol. The van der Waals surface area contributed by atoms with E-state index in [1.807, 2.05) is 72.8 Å². The number of benzene rings is 3. The van der Waals surface area contributed by atoms with E-state index in [-0.39, 0.29) is 36.8 Å². The Morgan fingerprint density at radius 1 is 1.00 bits per heavy atom. The summed E-state index contributed by atoms with van der Waals surface area (Å²) < 4.78 is 0. The third-order valence-electron chi connectivity index (χ3n) is 7.06. The van der Waals surface area contributed by atoms with Crippen molar-refractivity contribution in [2.24, 2.45) is 0 Å². The van der Waals surface area contributed by atoms with Gasteiger partial charge in [0.2, 0.25) is 11.8 Å². The van der Waals surface area contributed by atoms with Crippen LogP contribution in [0.4, 0.5) is 4.79 Å². The van der Waals surface area contributed by atoms with Crippen LogP contribution >= 0.6 is 11.6 Å². The largest absolute Gasteiger partial charge is 0.334 e. The molecule has 9 heteroatoms. The number of urea groups is 1. The summed E-state index contributed by atoms with van der Waals surface area (Å²) in [7, 11) is 1.72. The summed E-state index contributed by atoms with van der Waals surface area (Å²) in [5, 5.41) is 8.34. The molecule has 192 valence electrons. The van der Waals surface area contributed by atoms with E-state index in [0.717, 1.165) is 21.9 Å². The lowest BCUT2D eigenvalue weighted by Gasteiger charge is -2.54. The minimum Gasteiger partial charge on any atom is -0.333 e. The van der Waals surface area contributed by atoms with Crippen molar-refractivity contribution in [3.8, 4) is 0 Å². The molecule has 0 spiro atoms. The van der Waals surface area contributed by atoms with Gasteiger partial charge in [0.1, 0.15) is 12.2 Å². The molecule has 2 aliphatic rings. The minimum atomic E-state index is -0.725. The summed E-state index contributed by atoms with van der Waals surface area (Å²) in [4.78, 5) is 43.6. The number of nitrogens with one attached hydrogen (secondary N) is 1. The zero-order valence-electron chi connectivity index (χ0n) is 20.7. The van der Waals surface area contributed by atoms with E-state index in [1.54, 1.807) is 26.9 Å². The molecule has 0 unspecified atom stereocenters. The fourth-order valence-electron chi connectivity index (χ4n) is 5.32. The predicted octanol–water partition coefficient (Wildman–Crippen LogP) is 3.41. The van der Waals surface area contributed by atoms with Crippen molar-refractivity contribution in [3.05, 3.63) is 83.9 Å². The molecule has 2 atom stereocenters. The van der Waals surface area contributed by atoms with E-state index < -0.39 is 12.2 Å². The zero-order chi connectivity index (χ0) is 25.9. The Balaban J connectivity index is 1.44. The third-order valence-corrected chi connectivity index (χ3v) is 7.28. The fourth-order valence-corrected chi connectivity index (χ4v) is 5.52. The number of likely N-dealkylation sites (N-methyl/N-ethyl adjacent to an activating group) is 1. The van der Waals surface area contributed by atoms with Gasteiger partial charge in [-0.3, -0.25) is 9.59 Å². The number of hydrogen-bond donors (Lipinski definition) is 1. The molecule has 2 fully saturated rings. The Kier molecular flexibility index (Phi) is 7.30. The van der Waals surface area contributed by atoms with Gasteiger partial charge in [0.05, 0.1) is 13.1 Å². The summed E-state index contributed by atoms with van der Waals surface area (Å²) in [5.41, 5.74) is 1.99. The van der Waals surface area contributed by atoms with Gasteiger partial charge in [0, 0.05) is 26.0 Å². The molecule has 37 heavy (non-hydrogen) atoms. The molecule has 1 N–H and O–H groups in total. The molecular formula is C28H30ClN5O3. The number of hydrogen-bond acceptors (Lipinski definition) is 4. The number of hydrazine groups is 1. The van der Waals surface area contributed by atoms with Crippen LogP contribution in [0, 0.1) is 0 Å². The Morgan fingerprint density at radius 2 is 1.73 bits per heavy atom. The number of alkyl halides is 1. The topological polar surface area (TPSA) is 76.2 Å². The molecule has 0 aromatic heterocycles. The summed E-state index contributed by atoms with van der Waals surface area (Å²) in [6.07, 6.45) is -0.319. The Bertz CT molecular complexity index is 1300. The maximum atomic E-state index is 13.7. The summed E-state index contributed by atoms with van der Waals surface area (Å²) >= 11 is 6.10. The minimum absolute atomic E-state index is 0.00461. The molecule has 0 aliphatic carbocycles. The number of carbonyl (C=O) groups is 3. The maximum Gasteiger partial charge on any atom is 0.334 e. The van der Waals surface area contributed by atoms with E-state index in [2.05, 4.69) is 5.32 Å². The van der Waals surface area contributed by atoms with Gasteiger partial charge in [-0.15, -0.1) is 11.6 Å². The number of halogens is 1. The second-order valence-electron chi connectivity index (χ2n) is 9.44. The van der Waals surface area contributed by atoms with E-state index in [9.17, 15) is 14.4 Å². The molecule has 4 amide bonds. The zero-order valence-corrected chi connectivity index (χ0v) is 21.5. The predicted molar refractivity (Wildman–Crippen MR) is 142 cm³/mol. The van der Waals surface area contributed by atoms with Crippen LogP contribution in [-0.4, -0.2) is 75.9 Å². The van der Waals surface area contributed by atoms with Gasteiger partial charge in [-0.25, -0.2) is 14.8 Å². The molecule has 3 aromatic carbocycles. The lowest BCUT2D eigenvalue weighted by molar-refractivity contribution is -0.187. The van der Waals surface area contributed by atoms with Crippen molar-refractivity contribution in [3.63, 3.8) is 0 Å². The molecule has 2 heterocycles. The van der Waals surface area contributed by atoms with E-state index in [1.165, 1.54) is 0 Å². The second kappa shape index (κ2) is 10.8. The Labute approximate surface area is 221 Å². The van der Waals surface area contributed by atoms with Crippen molar-refractivity contribution in [2.45, 2.75) is 31.7 Å². The van der Waals surface area contributed by atoms with Crippen molar-refractivity contribution >= 4 is 40.2 Å². The van der Waals surface area contributed by atoms with Crippen molar-refractivity contribution in [1.29, 1.82) is 0 Å². The molecule has 3 aromatic rings. The smallest absolute Gasteiger partial charge is 0.333 e. The van der Waals surface area contributed by atoms with Gasteiger partial charge in [-0.2, -0.15) is 0 Å². The van der Waals surface area contributed by atoms with Gasteiger partial charge >= 0.3 is 6.03 Å². The van der Waals surface area contributed by atoms with Gasteiger partial charge < -0.3 is 15.1 Å². The van der Waals surface area contributed by atoms with E-state index in [4.69, 9.17) is 11.6 Å². The SMILES string of the molecule is CN1CC(=O)N2[C@@H](CCCl)C(=O)N(Cc3cccc4ccccc34)C[C@@H]2N1C(=O)NCc1ccccc1. The Morgan fingerprint density at radius 3 is 2.51 bits per heavy atom. The highest BCUT2D eigenvalue weighted by Gasteiger charge is 2.50. The van der Waals surface area contributed by atoms with Gasteiger partial charge in [0.25, 0.3) is 0 Å². The first-order chi connectivity index (χ1) is 18.0. The van der Waals surface area contributed by atoms with Crippen molar-refractivity contribution in [2.75, 3.05) is 26.0 Å². The van der Waals surface area contributed by atoms with Crippen LogP contribution < -0.4 is 5.32 Å². The first-order valence-electron chi connectivity index (χ1n) is 12.4. The third kappa shape index (κ3) is 4.99. The number of rotatable bonds is 6. The number of piperazine rings is 1. The highest BCUT2D eigenvalue weighted by Crippen LogP contribution is 2.29. The molecule has 2 aliphatic heterocycles. The number of carbonyl (C=O) groups excluding carboxylic acids is 3. The lowest BCUT2D eigenvalue weighted by atomic mass is 10.0. The lowest BCUT2D eigenvalue weighted by Crippen LogP contribution is -2.75. The molecule has 2 saturated heterocycles. The molecule has 5 rings (SSSR count). The first kappa shape index (κ1) is 25.0. The highest BCUT2D eigenvalue weighted by molar-refractivity contribution is 6.18. The average molecular weight is 520 g/mol. The maximum absolute atomic E-state index is 13.7. The quantitative estimate of drug-likeness (QED) is 0.506. The van der Waals surface area contributed by atoms with Gasteiger partial charge in [-0.1, -0.05) is 72.8 Å². The monoisotopic (exact) mass is 519 g/mol. The summed E-state index contributed by atoms with van der Waals surface area (Å²) in [6.45, 7) is 0.940. The summed E-state index contributed by atoms with van der Waals surface area (Å²) in [6, 6.07) is 22.7.